The molecule has 1 atom stereocenters. The summed E-state index contributed by atoms with van der Waals surface area (Å²) < 4.78 is 5.40. The van der Waals surface area contributed by atoms with E-state index in [0.717, 1.165) is 22.2 Å². The second kappa shape index (κ2) is 8.31. The molecule has 2 amide bonds. The number of hydrogen-bond acceptors (Lipinski definition) is 4. The lowest BCUT2D eigenvalue weighted by atomic mass is 10.1. The van der Waals surface area contributed by atoms with Crippen molar-refractivity contribution < 1.29 is 14.3 Å². The van der Waals surface area contributed by atoms with Crippen molar-refractivity contribution in [2.45, 2.75) is 19.9 Å². The minimum Gasteiger partial charge on any atom is -0.494 e. The van der Waals surface area contributed by atoms with Crippen LogP contribution in [0.4, 0.5) is 5.69 Å². The monoisotopic (exact) mass is 363 g/mol. The van der Waals surface area contributed by atoms with Gasteiger partial charge in [0.25, 0.3) is 0 Å². The van der Waals surface area contributed by atoms with Crippen LogP contribution in [0.1, 0.15) is 25.5 Å². The molecule has 27 heavy (non-hydrogen) atoms. The maximum atomic E-state index is 12.2. The standard InChI is InChI=1S/C21H21N3O3/c1-3-27-18-9-6-15(7-10-18)14(2)23-20(25)21(26)24-17-8-11-19-16(13-17)5-4-12-22-19/h4-14H,3H2,1-2H3,(H,23,25)(H,24,26)/t14-/m0/s1. The molecule has 2 aromatic carbocycles. The number of rotatable bonds is 5. The summed E-state index contributed by atoms with van der Waals surface area (Å²) in [7, 11) is 0. The minimum atomic E-state index is -0.712. The van der Waals surface area contributed by atoms with Crippen LogP contribution in [-0.4, -0.2) is 23.4 Å². The van der Waals surface area contributed by atoms with Crippen LogP contribution in [0.3, 0.4) is 0 Å². The Hall–Kier alpha value is -3.41. The molecule has 6 nitrogen and oxygen atoms in total. The molecule has 0 aliphatic heterocycles. The summed E-state index contributed by atoms with van der Waals surface area (Å²) in [5.41, 5.74) is 2.25. The van der Waals surface area contributed by atoms with E-state index in [1.807, 2.05) is 50.2 Å². The smallest absolute Gasteiger partial charge is 0.313 e. The number of anilines is 1. The van der Waals surface area contributed by atoms with Crippen molar-refractivity contribution in [3.05, 3.63) is 66.4 Å². The predicted molar refractivity (Wildman–Crippen MR) is 105 cm³/mol. The van der Waals surface area contributed by atoms with Gasteiger partial charge in [0, 0.05) is 17.3 Å². The summed E-state index contributed by atoms with van der Waals surface area (Å²) in [6, 6.07) is 16.1. The van der Waals surface area contributed by atoms with Gasteiger partial charge in [-0.3, -0.25) is 14.6 Å². The second-order valence-corrected chi connectivity index (χ2v) is 6.06. The van der Waals surface area contributed by atoms with Crippen LogP contribution in [-0.2, 0) is 9.59 Å². The lowest BCUT2D eigenvalue weighted by Gasteiger charge is -2.15. The number of fused-ring (bicyclic) bond motifs is 1. The van der Waals surface area contributed by atoms with E-state index in [9.17, 15) is 9.59 Å². The van der Waals surface area contributed by atoms with Crippen LogP contribution in [0.2, 0.25) is 0 Å². The zero-order valence-electron chi connectivity index (χ0n) is 15.2. The van der Waals surface area contributed by atoms with Crippen molar-refractivity contribution in [1.29, 1.82) is 0 Å². The Balaban J connectivity index is 1.61. The van der Waals surface area contributed by atoms with Gasteiger partial charge in [-0.1, -0.05) is 18.2 Å². The molecular weight excluding hydrogens is 342 g/mol. The van der Waals surface area contributed by atoms with Gasteiger partial charge in [0.2, 0.25) is 0 Å². The van der Waals surface area contributed by atoms with Gasteiger partial charge < -0.3 is 15.4 Å². The number of ether oxygens (including phenoxy) is 1. The average Bonchev–Trinajstić information content (AvgIpc) is 2.68. The highest BCUT2D eigenvalue weighted by atomic mass is 16.5. The molecule has 6 heteroatoms. The third kappa shape index (κ3) is 4.61. The van der Waals surface area contributed by atoms with Crippen molar-refractivity contribution in [1.82, 2.24) is 10.3 Å². The molecular formula is C21H21N3O3. The lowest BCUT2D eigenvalue weighted by Crippen LogP contribution is -2.36. The SMILES string of the molecule is CCOc1ccc([C@H](C)NC(=O)C(=O)Nc2ccc3ncccc3c2)cc1. The zero-order chi connectivity index (χ0) is 19.2. The molecule has 0 aliphatic carbocycles. The maximum absolute atomic E-state index is 12.2. The number of carbonyl (C=O) groups excluding carboxylic acids is 2. The van der Waals surface area contributed by atoms with E-state index in [-0.39, 0.29) is 6.04 Å². The Morgan fingerprint density at radius 2 is 1.85 bits per heavy atom. The van der Waals surface area contributed by atoms with Gasteiger partial charge in [-0.15, -0.1) is 0 Å². The Kier molecular flexibility index (Phi) is 5.66. The second-order valence-electron chi connectivity index (χ2n) is 6.06. The Morgan fingerprint density at radius 3 is 2.59 bits per heavy atom. The van der Waals surface area contributed by atoms with E-state index < -0.39 is 11.8 Å². The predicted octanol–water partition coefficient (Wildman–Crippen LogP) is 3.45. The highest BCUT2D eigenvalue weighted by molar-refractivity contribution is 6.39. The molecule has 0 saturated heterocycles. The first kappa shape index (κ1) is 18.4. The van der Waals surface area contributed by atoms with E-state index in [1.54, 1.807) is 24.4 Å². The number of carbonyl (C=O) groups is 2. The third-order valence-corrected chi connectivity index (χ3v) is 4.11. The maximum Gasteiger partial charge on any atom is 0.313 e. The first-order chi connectivity index (χ1) is 13.1. The highest BCUT2D eigenvalue weighted by Crippen LogP contribution is 2.19. The van der Waals surface area contributed by atoms with Gasteiger partial charge in [-0.2, -0.15) is 0 Å². The molecule has 0 radical (unpaired) electrons. The van der Waals surface area contributed by atoms with Gasteiger partial charge in [0.1, 0.15) is 5.75 Å². The van der Waals surface area contributed by atoms with Crippen molar-refractivity contribution in [3.8, 4) is 5.75 Å². The molecule has 0 unspecified atom stereocenters. The first-order valence-electron chi connectivity index (χ1n) is 8.76. The van der Waals surface area contributed by atoms with Crippen LogP contribution < -0.4 is 15.4 Å². The topological polar surface area (TPSA) is 80.3 Å². The number of pyridine rings is 1. The average molecular weight is 363 g/mol. The molecule has 1 heterocycles. The van der Waals surface area contributed by atoms with Gasteiger partial charge in [-0.25, -0.2) is 0 Å². The normalized spacial score (nSPS) is 11.6. The Labute approximate surface area is 157 Å². The summed E-state index contributed by atoms with van der Waals surface area (Å²) in [6.07, 6.45) is 1.70. The van der Waals surface area contributed by atoms with E-state index in [0.29, 0.717) is 12.3 Å². The third-order valence-electron chi connectivity index (χ3n) is 4.11. The lowest BCUT2D eigenvalue weighted by molar-refractivity contribution is -0.136. The van der Waals surface area contributed by atoms with Crippen LogP contribution >= 0.6 is 0 Å². The number of amides is 2. The minimum absolute atomic E-state index is 0.306. The van der Waals surface area contributed by atoms with Gasteiger partial charge in [0.15, 0.2) is 0 Å². The number of aromatic nitrogens is 1. The van der Waals surface area contributed by atoms with Crippen molar-refractivity contribution in [3.63, 3.8) is 0 Å². The fraction of sp³-hybridized carbons (Fsp3) is 0.190. The van der Waals surface area contributed by atoms with Crippen LogP contribution in [0, 0.1) is 0 Å². The molecule has 3 rings (SSSR count). The molecule has 2 N–H and O–H groups in total. The molecule has 0 aliphatic rings. The molecule has 138 valence electrons. The summed E-state index contributed by atoms with van der Waals surface area (Å²) in [5, 5.41) is 6.21. The number of benzene rings is 2. The summed E-state index contributed by atoms with van der Waals surface area (Å²) in [5.74, 6) is -0.637. The van der Waals surface area contributed by atoms with Crippen LogP contribution in [0.5, 0.6) is 5.75 Å². The highest BCUT2D eigenvalue weighted by Gasteiger charge is 2.17. The molecule has 0 bridgehead atoms. The van der Waals surface area contributed by atoms with Crippen molar-refractivity contribution in [2.24, 2.45) is 0 Å². The summed E-state index contributed by atoms with van der Waals surface area (Å²) >= 11 is 0. The summed E-state index contributed by atoms with van der Waals surface area (Å²) in [4.78, 5) is 28.6. The van der Waals surface area contributed by atoms with E-state index >= 15 is 0 Å². The Morgan fingerprint density at radius 1 is 1.07 bits per heavy atom. The fourth-order valence-electron chi connectivity index (χ4n) is 2.71. The van der Waals surface area contributed by atoms with E-state index in [4.69, 9.17) is 4.74 Å². The number of nitrogens with one attached hydrogen (secondary N) is 2. The van der Waals surface area contributed by atoms with E-state index in [2.05, 4.69) is 15.6 Å². The Bertz CT molecular complexity index is 954. The van der Waals surface area contributed by atoms with Gasteiger partial charge in [0.05, 0.1) is 18.2 Å². The van der Waals surface area contributed by atoms with Crippen molar-refractivity contribution in [2.75, 3.05) is 11.9 Å². The molecule has 3 aromatic rings. The largest absolute Gasteiger partial charge is 0.494 e. The molecule has 1 aromatic heterocycles. The quantitative estimate of drug-likeness (QED) is 0.681. The molecule has 0 spiro atoms. The van der Waals surface area contributed by atoms with Crippen LogP contribution in [0.15, 0.2) is 60.8 Å². The molecule has 0 saturated carbocycles. The van der Waals surface area contributed by atoms with Crippen molar-refractivity contribution >= 4 is 28.4 Å². The fourth-order valence-corrected chi connectivity index (χ4v) is 2.71. The van der Waals surface area contributed by atoms with Crippen LogP contribution in [0.25, 0.3) is 10.9 Å². The number of hydrogen-bond donors (Lipinski definition) is 2. The number of nitrogens with zero attached hydrogens (tertiary/aromatic N) is 1. The first-order valence-corrected chi connectivity index (χ1v) is 8.76. The van der Waals surface area contributed by atoms with Gasteiger partial charge in [-0.05, 0) is 55.8 Å². The zero-order valence-corrected chi connectivity index (χ0v) is 15.2. The van der Waals surface area contributed by atoms with E-state index in [1.165, 1.54) is 0 Å². The van der Waals surface area contributed by atoms with Gasteiger partial charge >= 0.3 is 11.8 Å². The summed E-state index contributed by atoms with van der Waals surface area (Å²) in [6.45, 7) is 4.33. The molecule has 0 fully saturated rings.